The van der Waals surface area contributed by atoms with Gasteiger partial charge in [-0.2, -0.15) is 10.1 Å². The lowest BCUT2D eigenvalue weighted by Crippen LogP contribution is -2.31. The van der Waals surface area contributed by atoms with E-state index in [0.29, 0.717) is 33.0 Å². The number of allylic oxidation sites excluding steroid dienone is 1. The number of ether oxygens (including phenoxy) is 1. The van der Waals surface area contributed by atoms with Crippen LogP contribution in [0.25, 0.3) is 0 Å². The molecule has 2 heterocycles. The van der Waals surface area contributed by atoms with Gasteiger partial charge < -0.3 is 15.8 Å². The van der Waals surface area contributed by atoms with Gasteiger partial charge in [-0.25, -0.2) is 4.68 Å². The van der Waals surface area contributed by atoms with Crippen molar-refractivity contribution in [2.75, 3.05) is 5.32 Å². The number of halogens is 2. The van der Waals surface area contributed by atoms with E-state index in [4.69, 9.17) is 33.7 Å². The predicted molar refractivity (Wildman–Crippen MR) is 111 cm³/mol. The van der Waals surface area contributed by atoms with Crippen molar-refractivity contribution >= 4 is 35.1 Å². The lowest BCUT2D eigenvalue weighted by Gasteiger charge is -2.27. The topological polar surface area (TPSA) is 95.1 Å². The number of benzene rings is 2. The van der Waals surface area contributed by atoms with E-state index >= 15 is 0 Å². The van der Waals surface area contributed by atoms with Crippen LogP contribution in [-0.4, -0.2) is 20.7 Å². The van der Waals surface area contributed by atoms with Crippen molar-refractivity contribution in [2.45, 2.75) is 19.6 Å². The molecule has 1 unspecified atom stereocenters. The zero-order chi connectivity index (χ0) is 20.5. The van der Waals surface area contributed by atoms with Gasteiger partial charge in [0.05, 0.1) is 5.57 Å². The smallest absolute Gasteiger partial charge is 0.248 e. The molecule has 0 aliphatic carbocycles. The number of fused-ring (bicyclic) bond motifs is 1. The average molecular weight is 430 g/mol. The third kappa shape index (κ3) is 3.66. The highest BCUT2D eigenvalue weighted by molar-refractivity contribution is 6.35. The predicted octanol–water partition coefficient (Wildman–Crippen LogP) is 3.94. The highest BCUT2D eigenvalue weighted by Gasteiger charge is 2.32. The van der Waals surface area contributed by atoms with Gasteiger partial charge in [0.2, 0.25) is 11.9 Å². The van der Waals surface area contributed by atoms with Gasteiger partial charge >= 0.3 is 0 Å². The van der Waals surface area contributed by atoms with Crippen molar-refractivity contribution in [3.05, 3.63) is 81.2 Å². The van der Waals surface area contributed by atoms with Gasteiger partial charge in [0.25, 0.3) is 0 Å². The molecular formula is C20H17Cl2N5O2. The molecule has 4 rings (SSSR count). The largest absolute Gasteiger partial charge is 0.489 e. The highest BCUT2D eigenvalue weighted by Crippen LogP contribution is 2.35. The van der Waals surface area contributed by atoms with Crippen molar-refractivity contribution in [1.82, 2.24) is 14.8 Å². The summed E-state index contributed by atoms with van der Waals surface area (Å²) in [5.41, 5.74) is 8.26. The molecule has 29 heavy (non-hydrogen) atoms. The Morgan fingerprint density at radius 2 is 1.90 bits per heavy atom. The molecule has 0 fully saturated rings. The van der Waals surface area contributed by atoms with Gasteiger partial charge in [-0.3, -0.25) is 4.79 Å². The Kier molecular flexibility index (Phi) is 5.17. The van der Waals surface area contributed by atoms with Gasteiger partial charge in [0, 0.05) is 21.3 Å². The van der Waals surface area contributed by atoms with E-state index in [1.807, 2.05) is 24.3 Å². The molecule has 3 N–H and O–H groups in total. The lowest BCUT2D eigenvalue weighted by molar-refractivity contribution is -0.115. The van der Waals surface area contributed by atoms with E-state index in [2.05, 4.69) is 15.4 Å². The van der Waals surface area contributed by atoms with Crippen LogP contribution in [0.1, 0.15) is 24.1 Å². The summed E-state index contributed by atoms with van der Waals surface area (Å²) in [6, 6.07) is 12.2. The number of anilines is 1. The summed E-state index contributed by atoms with van der Waals surface area (Å²) in [5.74, 6) is 0.667. The second kappa shape index (κ2) is 7.77. The van der Waals surface area contributed by atoms with Crippen molar-refractivity contribution in [2.24, 2.45) is 5.73 Å². The molecule has 2 aromatic carbocycles. The Hall–Kier alpha value is -3.03. The normalized spacial score (nSPS) is 15.6. The minimum atomic E-state index is -0.519. The minimum absolute atomic E-state index is 0.240. The van der Waals surface area contributed by atoms with Crippen molar-refractivity contribution in [1.29, 1.82) is 0 Å². The minimum Gasteiger partial charge on any atom is -0.489 e. The van der Waals surface area contributed by atoms with Crippen LogP contribution in [0.15, 0.2) is 60.1 Å². The first kappa shape index (κ1) is 19.3. The van der Waals surface area contributed by atoms with E-state index in [-0.39, 0.29) is 6.61 Å². The maximum absolute atomic E-state index is 12.1. The van der Waals surface area contributed by atoms with Gasteiger partial charge in [-0.05, 0) is 36.8 Å². The zero-order valence-corrected chi connectivity index (χ0v) is 16.9. The maximum atomic E-state index is 12.1. The second-order valence-corrected chi connectivity index (χ2v) is 7.33. The molecule has 0 saturated carbocycles. The van der Waals surface area contributed by atoms with E-state index in [1.165, 1.54) is 6.33 Å². The van der Waals surface area contributed by atoms with Crippen LogP contribution < -0.4 is 15.8 Å². The molecule has 1 aromatic heterocycles. The monoisotopic (exact) mass is 429 g/mol. The Balaban J connectivity index is 1.60. The number of amides is 1. The molecule has 7 nitrogen and oxygen atoms in total. The maximum Gasteiger partial charge on any atom is 0.248 e. The molecule has 0 spiro atoms. The number of nitrogens with two attached hydrogens (primary N) is 1. The molecule has 3 aromatic rings. The Morgan fingerprint density at radius 3 is 2.55 bits per heavy atom. The molecule has 148 valence electrons. The van der Waals surface area contributed by atoms with Crippen LogP contribution in [0.3, 0.4) is 0 Å². The van der Waals surface area contributed by atoms with Crippen LogP contribution in [0.4, 0.5) is 5.95 Å². The molecule has 9 heteroatoms. The number of rotatable bonds is 5. The number of nitrogens with zero attached hydrogens (tertiary/aromatic N) is 3. The summed E-state index contributed by atoms with van der Waals surface area (Å²) in [4.78, 5) is 16.3. The number of primary amides is 1. The fourth-order valence-corrected chi connectivity index (χ4v) is 3.80. The lowest BCUT2D eigenvalue weighted by atomic mass is 9.95. The molecule has 1 amide bonds. The summed E-state index contributed by atoms with van der Waals surface area (Å²) in [6.45, 7) is 2.03. The summed E-state index contributed by atoms with van der Waals surface area (Å²) < 4.78 is 7.46. The highest BCUT2D eigenvalue weighted by atomic mass is 35.5. The standard InChI is InChI=1S/C20H17Cl2N5O2/c1-11-17(19(23)28)18(27-20(26-11)24-10-25-27)12-5-7-13(8-6-12)29-9-14-15(21)3-2-4-16(14)22/h2-8,10,18H,9H2,1H3,(H2,23,28)(H,24,25,26). The fraction of sp³-hybridized carbons (Fsp3) is 0.150. The quantitative estimate of drug-likeness (QED) is 0.640. The fourth-order valence-electron chi connectivity index (χ4n) is 3.29. The number of hydrogen-bond donors (Lipinski definition) is 2. The van der Waals surface area contributed by atoms with E-state index in [9.17, 15) is 4.79 Å². The number of aromatic nitrogens is 3. The summed E-state index contributed by atoms with van der Waals surface area (Å²) in [7, 11) is 0. The van der Waals surface area contributed by atoms with Crippen molar-refractivity contribution in [3.8, 4) is 5.75 Å². The van der Waals surface area contributed by atoms with Crippen LogP contribution in [0.2, 0.25) is 10.0 Å². The van der Waals surface area contributed by atoms with E-state index in [1.54, 1.807) is 29.8 Å². The summed E-state index contributed by atoms with van der Waals surface area (Å²) in [5, 5.41) is 8.39. The van der Waals surface area contributed by atoms with Gasteiger partial charge in [-0.1, -0.05) is 41.4 Å². The molecule has 0 radical (unpaired) electrons. The van der Waals surface area contributed by atoms with Gasteiger partial charge in [0.1, 0.15) is 24.7 Å². The molecule has 1 atom stereocenters. The second-order valence-electron chi connectivity index (χ2n) is 6.52. The number of hydrogen-bond acceptors (Lipinski definition) is 5. The molecule has 0 bridgehead atoms. The molecule has 1 aliphatic rings. The van der Waals surface area contributed by atoms with Crippen LogP contribution in [0.5, 0.6) is 5.75 Å². The van der Waals surface area contributed by atoms with E-state index < -0.39 is 11.9 Å². The Morgan fingerprint density at radius 1 is 1.21 bits per heavy atom. The summed E-state index contributed by atoms with van der Waals surface area (Å²) >= 11 is 12.4. The number of carbonyl (C=O) groups excluding carboxylic acids is 1. The number of nitrogens with one attached hydrogen (secondary N) is 1. The van der Waals surface area contributed by atoms with Crippen LogP contribution in [0, 0.1) is 0 Å². The zero-order valence-electron chi connectivity index (χ0n) is 15.4. The molecule has 0 saturated heterocycles. The first-order valence-electron chi connectivity index (χ1n) is 8.78. The van der Waals surface area contributed by atoms with Crippen LogP contribution >= 0.6 is 23.2 Å². The Labute approximate surface area is 177 Å². The van der Waals surface area contributed by atoms with Crippen molar-refractivity contribution in [3.63, 3.8) is 0 Å². The summed E-state index contributed by atoms with van der Waals surface area (Å²) in [6.07, 6.45) is 1.43. The van der Waals surface area contributed by atoms with E-state index in [0.717, 1.165) is 11.1 Å². The number of carbonyl (C=O) groups is 1. The molecular weight excluding hydrogens is 413 g/mol. The average Bonchev–Trinajstić information content (AvgIpc) is 3.15. The third-order valence-electron chi connectivity index (χ3n) is 4.70. The molecule has 1 aliphatic heterocycles. The van der Waals surface area contributed by atoms with Gasteiger partial charge in [-0.15, -0.1) is 0 Å². The Bertz CT molecular complexity index is 1090. The van der Waals surface area contributed by atoms with Crippen LogP contribution in [-0.2, 0) is 11.4 Å². The van der Waals surface area contributed by atoms with Gasteiger partial charge in [0.15, 0.2) is 0 Å². The van der Waals surface area contributed by atoms with Crippen molar-refractivity contribution < 1.29 is 9.53 Å². The third-order valence-corrected chi connectivity index (χ3v) is 5.41. The SMILES string of the molecule is CC1=C(C(N)=O)C(c2ccc(OCc3c(Cl)cccc3Cl)cc2)n2ncnc2N1. The first-order valence-corrected chi connectivity index (χ1v) is 9.54. The first-order chi connectivity index (χ1) is 14.0.